The molecule has 2 N–H and O–H groups in total. The molecule has 37 heavy (non-hydrogen) atoms. The second-order valence-electron chi connectivity index (χ2n) is 9.40. The molecule has 0 aliphatic carbocycles. The van der Waals surface area contributed by atoms with E-state index in [9.17, 15) is 9.59 Å². The summed E-state index contributed by atoms with van der Waals surface area (Å²) in [7, 11) is 0. The van der Waals surface area contributed by atoms with Crippen molar-refractivity contribution in [2.45, 2.75) is 84.0 Å². The third-order valence-corrected chi connectivity index (χ3v) is 6.91. The first kappa shape index (κ1) is 30.9. The number of nitrogens with zero attached hydrogens (tertiary/aromatic N) is 2. The van der Waals surface area contributed by atoms with E-state index in [1.807, 2.05) is 16.8 Å². The molecule has 0 unspecified atom stereocenters. The molecule has 2 amide bonds. The standard InChI is InChI=1S/C29H46N4O3S/c1-3-4-5-6-7-8-9-10-11-20-36-21-12-14-28(34)32-26-23-25(29(35)31-17-13-22-37-2)15-16-27(26)33-19-18-30-24-33/h15-16,18-19,23-24H,3-14,17,20-22H2,1-2H3,(H,31,35)(H,32,34). The van der Waals surface area contributed by atoms with Crippen LogP contribution in [0.3, 0.4) is 0 Å². The van der Waals surface area contributed by atoms with Gasteiger partial charge in [-0.1, -0.05) is 58.3 Å². The maximum Gasteiger partial charge on any atom is 0.251 e. The van der Waals surface area contributed by atoms with E-state index in [4.69, 9.17) is 4.74 Å². The zero-order valence-electron chi connectivity index (χ0n) is 22.8. The van der Waals surface area contributed by atoms with E-state index in [-0.39, 0.29) is 11.8 Å². The number of benzene rings is 1. The number of amides is 2. The SMILES string of the molecule is CCCCCCCCCCCOCCCC(=O)Nc1cc(C(=O)NCCCSC)ccc1-n1ccnc1. The lowest BCUT2D eigenvalue weighted by atomic mass is 10.1. The predicted molar refractivity (Wildman–Crippen MR) is 155 cm³/mol. The number of carbonyl (C=O) groups is 2. The fourth-order valence-electron chi connectivity index (χ4n) is 4.09. The Kier molecular flexibility index (Phi) is 16.5. The summed E-state index contributed by atoms with van der Waals surface area (Å²) in [4.78, 5) is 29.4. The monoisotopic (exact) mass is 530 g/mol. The Labute approximate surface area is 227 Å². The summed E-state index contributed by atoms with van der Waals surface area (Å²) in [6.07, 6.45) is 20.8. The molecule has 0 radical (unpaired) electrons. The second-order valence-corrected chi connectivity index (χ2v) is 10.4. The molecule has 7 nitrogen and oxygen atoms in total. The lowest BCUT2D eigenvalue weighted by molar-refractivity contribution is -0.116. The Morgan fingerprint density at radius 1 is 0.973 bits per heavy atom. The predicted octanol–water partition coefficient (Wildman–Crippen LogP) is 6.62. The molecule has 0 fully saturated rings. The lowest BCUT2D eigenvalue weighted by Crippen LogP contribution is -2.25. The minimum absolute atomic E-state index is 0.0921. The number of hydrogen-bond acceptors (Lipinski definition) is 5. The van der Waals surface area contributed by atoms with Gasteiger partial charge in [0.2, 0.25) is 5.91 Å². The average molecular weight is 531 g/mol. The van der Waals surface area contributed by atoms with E-state index in [0.29, 0.717) is 37.2 Å². The molecular formula is C29H46N4O3S. The third kappa shape index (κ3) is 13.2. The van der Waals surface area contributed by atoms with Crippen LogP contribution in [0.25, 0.3) is 5.69 Å². The van der Waals surface area contributed by atoms with Crippen LogP contribution in [0.4, 0.5) is 5.69 Å². The lowest BCUT2D eigenvalue weighted by Gasteiger charge is -2.14. The fourth-order valence-corrected chi connectivity index (χ4v) is 4.52. The summed E-state index contributed by atoms with van der Waals surface area (Å²) in [6, 6.07) is 5.34. The van der Waals surface area contributed by atoms with Crippen molar-refractivity contribution in [2.24, 2.45) is 0 Å². The van der Waals surface area contributed by atoms with Gasteiger partial charge in [0.15, 0.2) is 0 Å². The van der Waals surface area contributed by atoms with Crippen LogP contribution in [0, 0.1) is 0 Å². The highest BCUT2D eigenvalue weighted by Gasteiger charge is 2.13. The highest BCUT2D eigenvalue weighted by molar-refractivity contribution is 7.98. The largest absolute Gasteiger partial charge is 0.381 e. The molecule has 0 spiro atoms. The minimum Gasteiger partial charge on any atom is -0.381 e. The van der Waals surface area contributed by atoms with Crippen molar-refractivity contribution in [3.63, 3.8) is 0 Å². The van der Waals surface area contributed by atoms with E-state index in [1.54, 1.807) is 36.4 Å². The van der Waals surface area contributed by atoms with E-state index >= 15 is 0 Å². The maximum absolute atomic E-state index is 12.7. The topological polar surface area (TPSA) is 85.2 Å². The van der Waals surface area contributed by atoms with Gasteiger partial charge in [0.05, 0.1) is 17.7 Å². The molecule has 2 rings (SSSR count). The molecule has 8 heteroatoms. The molecule has 1 aromatic heterocycles. The Morgan fingerprint density at radius 3 is 2.41 bits per heavy atom. The summed E-state index contributed by atoms with van der Waals surface area (Å²) in [5.74, 6) is 0.772. The summed E-state index contributed by atoms with van der Waals surface area (Å²) in [5.41, 5.74) is 1.88. The van der Waals surface area contributed by atoms with Gasteiger partial charge in [-0.3, -0.25) is 9.59 Å². The smallest absolute Gasteiger partial charge is 0.251 e. The number of carbonyl (C=O) groups excluding carboxylic acids is 2. The minimum atomic E-state index is -0.140. The summed E-state index contributed by atoms with van der Waals surface area (Å²) < 4.78 is 7.56. The van der Waals surface area contributed by atoms with Crippen LogP contribution < -0.4 is 10.6 Å². The number of imidazole rings is 1. The van der Waals surface area contributed by atoms with Gasteiger partial charge in [-0.2, -0.15) is 11.8 Å². The van der Waals surface area contributed by atoms with Crippen LogP contribution in [-0.4, -0.2) is 53.1 Å². The highest BCUT2D eigenvalue weighted by atomic mass is 32.2. The molecule has 0 bridgehead atoms. The third-order valence-electron chi connectivity index (χ3n) is 6.21. The number of rotatable bonds is 21. The van der Waals surface area contributed by atoms with Gasteiger partial charge in [0.25, 0.3) is 5.91 Å². The summed E-state index contributed by atoms with van der Waals surface area (Å²) >= 11 is 1.76. The van der Waals surface area contributed by atoms with Gasteiger partial charge < -0.3 is 19.9 Å². The quantitative estimate of drug-likeness (QED) is 0.177. The van der Waals surface area contributed by atoms with Gasteiger partial charge in [0, 0.05) is 44.1 Å². The Hall–Kier alpha value is -2.32. The molecule has 0 atom stereocenters. The van der Waals surface area contributed by atoms with Crippen LogP contribution in [0.15, 0.2) is 36.9 Å². The van der Waals surface area contributed by atoms with Crippen LogP contribution in [-0.2, 0) is 9.53 Å². The zero-order valence-corrected chi connectivity index (χ0v) is 23.6. The number of unbranched alkanes of at least 4 members (excludes halogenated alkanes) is 8. The van der Waals surface area contributed by atoms with Crippen molar-refractivity contribution in [3.05, 3.63) is 42.5 Å². The summed E-state index contributed by atoms with van der Waals surface area (Å²) in [6.45, 7) is 4.22. The van der Waals surface area contributed by atoms with Gasteiger partial charge in [-0.15, -0.1) is 0 Å². The number of aromatic nitrogens is 2. The normalized spacial score (nSPS) is 11.0. The number of nitrogens with one attached hydrogen (secondary N) is 2. The maximum atomic E-state index is 12.7. The van der Waals surface area contributed by atoms with Crippen LogP contribution in [0.5, 0.6) is 0 Å². The first-order valence-corrected chi connectivity index (χ1v) is 15.3. The average Bonchev–Trinajstić information content (AvgIpc) is 3.44. The van der Waals surface area contributed by atoms with Crippen LogP contribution in [0.2, 0.25) is 0 Å². The first-order valence-electron chi connectivity index (χ1n) is 13.9. The number of anilines is 1. The second kappa shape index (κ2) is 19.7. The molecular weight excluding hydrogens is 484 g/mol. The molecule has 1 heterocycles. The van der Waals surface area contributed by atoms with Crippen LogP contribution in [0.1, 0.15) is 94.3 Å². The number of thioether (sulfide) groups is 1. The van der Waals surface area contributed by atoms with E-state index in [1.165, 1.54) is 51.4 Å². The van der Waals surface area contributed by atoms with Gasteiger partial charge in [0.1, 0.15) is 0 Å². The summed E-state index contributed by atoms with van der Waals surface area (Å²) in [5, 5.41) is 5.94. The Balaban J connectivity index is 1.72. The molecule has 2 aromatic rings. The van der Waals surface area contributed by atoms with E-state index < -0.39 is 0 Å². The van der Waals surface area contributed by atoms with Crippen molar-refractivity contribution in [3.8, 4) is 5.69 Å². The Bertz CT molecular complexity index is 889. The van der Waals surface area contributed by atoms with Crippen molar-refractivity contribution in [1.82, 2.24) is 14.9 Å². The van der Waals surface area contributed by atoms with Crippen molar-refractivity contribution in [1.29, 1.82) is 0 Å². The van der Waals surface area contributed by atoms with Gasteiger partial charge in [-0.25, -0.2) is 4.98 Å². The fraction of sp³-hybridized carbons (Fsp3) is 0.621. The molecule has 0 aliphatic rings. The highest BCUT2D eigenvalue weighted by Crippen LogP contribution is 2.23. The van der Waals surface area contributed by atoms with E-state index in [0.717, 1.165) is 30.9 Å². The number of ether oxygens (including phenoxy) is 1. The molecule has 206 valence electrons. The van der Waals surface area contributed by atoms with Crippen molar-refractivity contribution in [2.75, 3.05) is 37.1 Å². The van der Waals surface area contributed by atoms with Crippen molar-refractivity contribution >= 4 is 29.3 Å². The Morgan fingerprint density at radius 2 is 1.70 bits per heavy atom. The van der Waals surface area contributed by atoms with Gasteiger partial charge in [-0.05, 0) is 49.5 Å². The molecule has 1 aromatic carbocycles. The van der Waals surface area contributed by atoms with Crippen molar-refractivity contribution < 1.29 is 14.3 Å². The van der Waals surface area contributed by atoms with E-state index in [2.05, 4.69) is 28.8 Å². The zero-order chi connectivity index (χ0) is 26.6. The van der Waals surface area contributed by atoms with Gasteiger partial charge >= 0.3 is 0 Å². The molecule has 0 aliphatic heterocycles. The number of hydrogen-bond donors (Lipinski definition) is 2. The molecule has 0 saturated heterocycles. The molecule has 0 saturated carbocycles. The first-order chi connectivity index (χ1) is 18.2. The van der Waals surface area contributed by atoms with Crippen LogP contribution >= 0.6 is 11.8 Å².